The van der Waals surface area contributed by atoms with Gasteiger partial charge in [0.2, 0.25) is 5.89 Å². The number of hydrogen-bond donors (Lipinski definition) is 0. The lowest BCUT2D eigenvalue weighted by Gasteiger charge is -2.17. The minimum absolute atomic E-state index is 0.0673. The Morgan fingerprint density at radius 3 is 2.49 bits per heavy atom. The number of aromatic nitrogens is 1. The number of carbonyl (C=O) groups excluding carboxylic acids is 1. The van der Waals surface area contributed by atoms with Crippen LogP contribution in [-0.2, 0) is 23.9 Å². The highest BCUT2D eigenvalue weighted by molar-refractivity contribution is 5.70. The Balaban J connectivity index is 1.49. The average molecular weight is 517 g/mol. The van der Waals surface area contributed by atoms with Crippen molar-refractivity contribution in [2.24, 2.45) is 0 Å². The number of carbonyl (C=O) groups is 1. The van der Waals surface area contributed by atoms with Gasteiger partial charge in [0.15, 0.2) is 0 Å². The van der Waals surface area contributed by atoms with Crippen LogP contribution in [0, 0.1) is 0 Å². The molecular formula is C28H31F3N2O4. The topological polar surface area (TPSA) is 64.8 Å². The van der Waals surface area contributed by atoms with Crippen molar-refractivity contribution in [1.29, 1.82) is 0 Å². The van der Waals surface area contributed by atoms with Crippen LogP contribution in [0.2, 0.25) is 0 Å². The van der Waals surface area contributed by atoms with Crippen molar-refractivity contribution < 1.29 is 31.9 Å². The van der Waals surface area contributed by atoms with Gasteiger partial charge in [0.05, 0.1) is 12.2 Å². The summed E-state index contributed by atoms with van der Waals surface area (Å²) in [6.45, 7) is 9.24. The Morgan fingerprint density at radius 1 is 1.11 bits per heavy atom. The zero-order chi connectivity index (χ0) is 26.8. The third kappa shape index (κ3) is 7.87. The van der Waals surface area contributed by atoms with Crippen LogP contribution in [0.15, 0.2) is 59.7 Å². The van der Waals surface area contributed by atoms with Crippen molar-refractivity contribution in [2.75, 3.05) is 19.7 Å². The Labute approximate surface area is 214 Å². The van der Waals surface area contributed by atoms with E-state index in [1.807, 2.05) is 38.1 Å². The number of hydrogen-bond acceptors (Lipinski definition) is 5. The number of ether oxygens (including phenoxy) is 2. The van der Waals surface area contributed by atoms with Gasteiger partial charge in [-0.05, 0) is 68.5 Å². The Kier molecular flexibility index (Phi) is 9.77. The average Bonchev–Trinajstić information content (AvgIpc) is 3.36. The van der Waals surface area contributed by atoms with E-state index in [9.17, 15) is 18.0 Å². The SMILES string of the molecule is C=Cc1ccc(C(F)(F)F)cc1-c1nc(COc2ccc(CCCCOC(=O)N(CC)CC)cc2)co1. The summed E-state index contributed by atoms with van der Waals surface area (Å²) >= 11 is 0. The first-order valence-electron chi connectivity index (χ1n) is 12.2. The molecule has 1 aromatic heterocycles. The minimum atomic E-state index is -4.47. The lowest BCUT2D eigenvalue weighted by Crippen LogP contribution is -2.31. The normalized spacial score (nSPS) is 11.3. The van der Waals surface area contributed by atoms with Crippen LogP contribution < -0.4 is 4.74 Å². The number of oxazole rings is 1. The van der Waals surface area contributed by atoms with E-state index in [1.54, 1.807) is 4.90 Å². The van der Waals surface area contributed by atoms with Crippen LogP contribution in [0.4, 0.5) is 18.0 Å². The van der Waals surface area contributed by atoms with Crippen LogP contribution in [0.3, 0.4) is 0 Å². The number of unbranched alkanes of at least 4 members (excludes halogenated alkanes) is 1. The fourth-order valence-corrected chi connectivity index (χ4v) is 3.67. The molecule has 1 amide bonds. The molecule has 0 fully saturated rings. The third-order valence-electron chi connectivity index (χ3n) is 5.80. The fourth-order valence-electron chi connectivity index (χ4n) is 3.67. The van der Waals surface area contributed by atoms with E-state index in [0.29, 0.717) is 36.7 Å². The van der Waals surface area contributed by atoms with Crippen LogP contribution in [0.25, 0.3) is 17.5 Å². The number of rotatable bonds is 12. The molecule has 198 valence electrons. The van der Waals surface area contributed by atoms with Crippen LogP contribution in [0.1, 0.15) is 49.1 Å². The zero-order valence-electron chi connectivity index (χ0n) is 21.0. The van der Waals surface area contributed by atoms with Crippen LogP contribution >= 0.6 is 0 Å². The number of nitrogens with zero attached hydrogens (tertiary/aromatic N) is 2. The standard InChI is InChI=1S/C28H31F3N2O4/c1-4-21-12-13-22(28(29,30)31)17-25(21)26-32-23(19-37-26)18-36-24-14-10-20(11-15-24)9-7-8-16-35-27(34)33(5-2)6-3/h4,10-15,17,19H,1,5-9,16,18H2,2-3H3. The quantitative estimate of drug-likeness (QED) is 0.235. The van der Waals surface area contributed by atoms with E-state index in [4.69, 9.17) is 13.9 Å². The minimum Gasteiger partial charge on any atom is -0.487 e. The predicted octanol–water partition coefficient (Wildman–Crippen LogP) is 7.38. The van der Waals surface area contributed by atoms with Gasteiger partial charge in [0, 0.05) is 18.7 Å². The van der Waals surface area contributed by atoms with E-state index in [0.717, 1.165) is 37.0 Å². The Morgan fingerprint density at radius 2 is 1.84 bits per heavy atom. The number of aryl methyl sites for hydroxylation is 1. The largest absolute Gasteiger partial charge is 0.487 e. The van der Waals surface area contributed by atoms with Gasteiger partial charge < -0.3 is 18.8 Å². The lowest BCUT2D eigenvalue weighted by molar-refractivity contribution is -0.137. The fraction of sp³-hybridized carbons (Fsp3) is 0.357. The summed E-state index contributed by atoms with van der Waals surface area (Å²) in [6.07, 6.45) is 0.576. The molecule has 0 aliphatic rings. The zero-order valence-corrected chi connectivity index (χ0v) is 21.0. The summed E-state index contributed by atoms with van der Waals surface area (Å²) in [5.41, 5.74) is 1.49. The highest BCUT2D eigenvalue weighted by atomic mass is 19.4. The molecule has 0 spiro atoms. The van der Waals surface area contributed by atoms with Crippen molar-refractivity contribution in [3.8, 4) is 17.2 Å². The van der Waals surface area contributed by atoms with E-state index >= 15 is 0 Å². The predicted molar refractivity (Wildman–Crippen MR) is 135 cm³/mol. The first kappa shape index (κ1) is 27.8. The van der Waals surface area contributed by atoms with Gasteiger partial charge in [-0.15, -0.1) is 0 Å². The number of halogens is 3. The van der Waals surface area contributed by atoms with Gasteiger partial charge >= 0.3 is 12.3 Å². The van der Waals surface area contributed by atoms with E-state index in [2.05, 4.69) is 11.6 Å². The molecule has 0 radical (unpaired) electrons. The summed E-state index contributed by atoms with van der Waals surface area (Å²) in [5.74, 6) is 0.699. The molecule has 3 rings (SSSR count). The molecule has 2 aromatic carbocycles. The summed E-state index contributed by atoms with van der Waals surface area (Å²) in [4.78, 5) is 17.8. The summed E-state index contributed by atoms with van der Waals surface area (Å²) in [5, 5.41) is 0. The second-order valence-electron chi connectivity index (χ2n) is 8.32. The van der Waals surface area contributed by atoms with E-state index in [-0.39, 0.29) is 24.2 Å². The van der Waals surface area contributed by atoms with Gasteiger partial charge in [-0.1, -0.05) is 30.9 Å². The smallest absolute Gasteiger partial charge is 0.416 e. The molecule has 0 N–H and O–H groups in total. The molecule has 0 aliphatic carbocycles. The maximum Gasteiger partial charge on any atom is 0.416 e. The van der Waals surface area contributed by atoms with Gasteiger partial charge in [-0.25, -0.2) is 9.78 Å². The maximum absolute atomic E-state index is 13.1. The molecule has 1 heterocycles. The van der Waals surface area contributed by atoms with E-state index < -0.39 is 11.7 Å². The van der Waals surface area contributed by atoms with Gasteiger partial charge in [-0.3, -0.25) is 0 Å². The molecule has 0 saturated carbocycles. The number of amides is 1. The first-order valence-corrected chi connectivity index (χ1v) is 12.2. The van der Waals surface area contributed by atoms with Gasteiger partial charge in [-0.2, -0.15) is 13.2 Å². The van der Waals surface area contributed by atoms with Crippen molar-refractivity contribution in [2.45, 2.75) is 45.9 Å². The molecule has 9 heteroatoms. The molecule has 3 aromatic rings. The van der Waals surface area contributed by atoms with Crippen LogP contribution in [-0.4, -0.2) is 35.7 Å². The number of benzene rings is 2. The van der Waals surface area contributed by atoms with Gasteiger partial charge in [0.25, 0.3) is 0 Å². The van der Waals surface area contributed by atoms with Crippen molar-refractivity contribution >= 4 is 12.2 Å². The molecule has 6 nitrogen and oxygen atoms in total. The Hall–Kier alpha value is -3.75. The second kappa shape index (κ2) is 13.0. The highest BCUT2D eigenvalue weighted by Crippen LogP contribution is 2.34. The highest BCUT2D eigenvalue weighted by Gasteiger charge is 2.31. The third-order valence-corrected chi connectivity index (χ3v) is 5.80. The van der Waals surface area contributed by atoms with Crippen molar-refractivity contribution in [3.63, 3.8) is 0 Å². The molecule has 37 heavy (non-hydrogen) atoms. The van der Waals surface area contributed by atoms with Gasteiger partial charge in [0.1, 0.15) is 24.3 Å². The Bertz CT molecular complexity index is 1170. The van der Waals surface area contributed by atoms with Crippen molar-refractivity contribution in [1.82, 2.24) is 9.88 Å². The molecular weight excluding hydrogens is 485 g/mol. The molecule has 0 atom stereocenters. The summed E-state index contributed by atoms with van der Waals surface area (Å²) in [6, 6.07) is 11.0. The van der Waals surface area contributed by atoms with Crippen molar-refractivity contribution in [3.05, 3.63) is 77.7 Å². The molecule has 0 unspecified atom stereocenters. The molecule has 0 aliphatic heterocycles. The lowest BCUT2D eigenvalue weighted by atomic mass is 10.0. The van der Waals surface area contributed by atoms with E-state index in [1.165, 1.54) is 18.4 Å². The monoisotopic (exact) mass is 516 g/mol. The molecule has 0 bridgehead atoms. The number of alkyl halides is 3. The van der Waals surface area contributed by atoms with Crippen LogP contribution in [0.5, 0.6) is 5.75 Å². The summed E-state index contributed by atoms with van der Waals surface area (Å²) < 4.78 is 55.9. The summed E-state index contributed by atoms with van der Waals surface area (Å²) in [7, 11) is 0. The maximum atomic E-state index is 13.1. The first-order chi connectivity index (χ1) is 17.7. The second-order valence-corrected chi connectivity index (χ2v) is 8.32. The molecule has 0 saturated heterocycles.